The van der Waals surface area contributed by atoms with Gasteiger partial charge in [0.25, 0.3) is 0 Å². The largest absolute Gasteiger partial charge is 0.381 e. The molecule has 1 unspecified atom stereocenters. The Morgan fingerprint density at radius 1 is 0.680 bits per heavy atom. The van der Waals surface area contributed by atoms with Crippen LogP contribution >= 0.6 is 0 Å². The highest BCUT2D eigenvalue weighted by atomic mass is 32.2. The monoisotopic (exact) mass is 372 g/mol. The Morgan fingerprint density at radius 3 is 1.72 bits per heavy atom. The van der Waals surface area contributed by atoms with Crippen molar-refractivity contribution in [3.63, 3.8) is 0 Å². The van der Waals surface area contributed by atoms with Crippen LogP contribution in [0.5, 0.6) is 0 Å². The highest BCUT2D eigenvalue weighted by Gasteiger charge is 2.31. The first kappa shape index (κ1) is 19.8. The summed E-state index contributed by atoms with van der Waals surface area (Å²) < 4.78 is 30.2. The summed E-state index contributed by atoms with van der Waals surface area (Å²) in [6.07, 6.45) is 14.5. The summed E-state index contributed by atoms with van der Waals surface area (Å²) in [5, 5.41) is 0.200. The lowest BCUT2D eigenvalue weighted by molar-refractivity contribution is -0.0497. The maximum absolute atomic E-state index is 12.6. The van der Waals surface area contributed by atoms with E-state index in [0.717, 1.165) is 57.3 Å². The molecular weight excluding hydrogens is 336 g/mol. The maximum Gasteiger partial charge on any atom is 0.158 e. The lowest BCUT2D eigenvalue weighted by Crippen LogP contribution is -2.34. The van der Waals surface area contributed by atoms with E-state index in [0.29, 0.717) is 18.3 Å². The molecule has 25 heavy (non-hydrogen) atoms. The second kappa shape index (κ2) is 9.82. The topological polar surface area (TPSA) is 44.8 Å². The zero-order valence-corrected chi connectivity index (χ0v) is 16.8. The zero-order chi connectivity index (χ0) is 17.6. The van der Waals surface area contributed by atoms with Crippen LogP contribution in [0, 0.1) is 5.92 Å². The number of methoxy groups -OCH3 is 1. The number of ether oxygens (including phenoxy) is 2. The number of hydrogen-bond acceptors (Lipinski definition) is 4. The lowest BCUT2D eigenvalue weighted by Gasteiger charge is -2.34. The van der Waals surface area contributed by atoms with Crippen LogP contribution in [0.2, 0.25) is 0 Å². The van der Waals surface area contributed by atoms with Gasteiger partial charge in [-0.25, -0.2) is 4.21 Å². The first-order valence-electron chi connectivity index (χ1n) is 10.4. The van der Waals surface area contributed by atoms with Gasteiger partial charge in [-0.3, -0.25) is 4.18 Å². The van der Waals surface area contributed by atoms with Gasteiger partial charge in [0.2, 0.25) is 0 Å². The van der Waals surface area contributed by atoms with Crippen molar-refractivity contribution in [1.29, 1.82) is 0 Å². The van der Waals surface area contributed by atoms with Crippen molar-refractivity contribution in [2.75, 3.05) is 7.11 Å². The maximum atomic E-state index is 12.6. The third-order valence-electron chi connectivity index (χ3n) is 6.43. The predicted octanol–water partition coefficient (Wildman–Crippen LogP) is 4.53. The molecule has 3 saturated carbocycles. The standard InChI is InChI=1S/C20H36O4S/c1-15-3-5-17(6-4-15)23-18-11-13-20(14-12-18)25(21)24-19-9-7-16(22-2)8-10-19/h15-20H,3-14H2,1-2H3. The van der Waals surface area contributed by atoms with E-state index in [1.807, 2.05) is 0 Å². The van der Waals surface area contributed by atoms with Crippen LogP contribution in [0.1, 0.15) is 84.0 Å². The summed E-state index contributed by atoms with van der Waals surface area (Å²) in [6.45, 7) is 2.35. The molecule has 4 nitrogen and oxygen atoms in total. The van der Waals surface area contributed by atoms with E-state index in [9.17, 15) is 4.21 Å². The van der Waals surface area contributed by atoms with Gasteiger partial charge in [0.1, 0.15) is 0 Å². The Labute approximate surface area is 156 Å². The molecule has 3 aliphatic rings. The average Bonchev–Trinajstić information content (AvgIpc) is 2.65. The molecule has 0 radical (unpaired) electrons. The van der Waals surface area contributed by atoms with Crippen LogP contribution in [0.25, 0.3) is 0 Å². The Hall–Kier alpha value is 0.0300. The van der Waals surface area contributed by atoms with Gasteiger partial charge in [0.05, 0.1) is 29.7 Å². The molecule has 0 amide bonds. The smallest absolute Gasteiger partial charge is 0.158 e. The summed E-state index contributed by atoms with van der Waals surface area (Å²) in [5.41, 5.74) is 0. The van der Waals surface area contributed by atoms with E-state index in [1.165, 1.54) is 25.7 Å². The molecule has 0 aromatic carbocycles. The van der Waals surface area contributed by atoms with Crippen LogP contribution in [-0.2, 0) is 24.7 Å². The lowest BCUT2D eigenvalue weighted by atomic mass is 9.88. The van der Waals surface area contributed by atoms with Crippen molar-refractivity contribution in [3.8, 4) is 0 Å². The predicted molar refractivity (Wildman–Crippen MR) is 101 cm³/mol. The average molecular weight is 373 g/mol. The van der Waals surface area contributed by atoms with Crippen LogP contribution in [-0.4, -0.2) is 41.0 Å². The van der Waals surface area contributed by atoms with Crippen molar-refractivity contribution in [1.82, 2.24) is 0 Å². The number of rotatable bonds is 6. The van der Waals surface area contributed by atoms with Gasteiger partial charge in [0.15, 0.2) is 11.1 Å². The van der Waals surface area contributed by atoms with Gasteiger partial charge in [-0.2, -0.15) is 0 Å². The Kier molecular flexibility index (Phi) is 7.77. The molecule has 0 bridgehead atoms. The highest BCUT2D eigenvalue weighted by molar-refractivity contribution is 7.80. The normalized spacial score (nSPS) is 41.4. The fraction of sp³-hybridized carbons (Fsp3) is 1.00. The summed E-state index contributed by atoms with van der Waals surface area (Å²) >= 11 is -1.14. The second-order valence-corrected chi connectivity index (χ2v) is 9.79. The molecule has 0 saturated heterocycles. The quantitative estimate of drug-likeness (QED) is 0.687. The van der Waals surface area contributed by atoms with E-state index in [2.05, 4.69) is 6.92 Å². The van der Waals surface area contributed by atoms with Crippen molar-refractivity contribution in [2.24, 2.45) is 5.92 Å². The van der Waals surface area contributed by atoms with E-state index >= 15 is 0 Å². The van der Waals surface area contributed by atoms with Crippen LogP contribution < -0.4 is 0 Å². The van der Waals surface area contributed by atoms with E-state index in [-0.39, 0.29) is 11.4 Å². The molecule has 0 aromatic rings. The van der Waals surface area contributed by atoms with Gasteiger partial charge in [-0.15, -0.1) is 0 Å². The van der Waals surface area contributed by atoms with Gasteiger partial charge in [-0.05, 0) is 83.0 Å². The van der Waals surface area contributed by atoms with Crippen molar-refractivity contribution in [2.45, 2.75) is 114 Å². The molecule has 0 spiro atoms. The molecule has 0 heterocycles. The van der Waals surface area contributed by atoms with E-state index in [4.69, 9.17) is 13.7 Å². The molecule has 3 fully saturated rings. The van der Waals surface area contributed by atoms with E-state index in [1.54, 1.807) is 7.11 Å². The van der Waals surface area contributed by atoms with Gasteiger partial charge in [0, 0.05) is 7.11 Å². The Bertz CT molecular complexity index is 406. The van der Waals surface area contributed by atoms with Crippen LogP contribution in [0.3, 0.4) is 0 Å². The summed E-state index contributed by atoms with van der Waals surface area (Å²) in [5.74, 6) is 0.870. The minimum atomic E-state index is -1.14. The van der Waals surface area contributed by atoms with Gasteiger partial charge in [-0.1, -0.05) is 6.92 Å². The molecule has 5 heteroatoms. The van der Waals surface area contributed by atoms with Crippen molar-refractivity contribution < 1.29 is 17.9 Å². The zero-order valence-electron chi connectivity index (χ0n) is 16.0. The third kappa shape index (κ3) is 6.02. The molecule has 0 N–H and O–H groups in total. The van der Waals surface area contributed by atoms with Crippen LogP contribution in [0.4, 0.5) is 0 Å². The van der Waals surface area contributed by atoms with Gasteiger partial charge >= 0.3 is 0 Å². The Balaban J connectivity index is 1.33. The second-order valence-electron chi connectivity index (χ2n) is 8.41. The minimum Gasteiger partial charge on any atom is -0.381 e. The van der Waals surface area contributed by atoms with Crippen molar-refractivity contribution in [3.05, 3.63) is 0 Å². The fourth-order valence-electron chi connectivity index (χ4n) is 4.58. The molecule has 3 rings (SSSR count). The SMILES string of the molecule is COC1CCC(OS(=O)C2CCC(OC3CCC(C)CC3)CC2)CC1. The summed E-state index contributed by atoms with van der Waals surface area (Å²) in [7, 11) is 1.78. The fourth-order valence-corrected chi connectivity index (χ4v) is 5.85. The third-order valence-corrected chi connectivity index (χ3v) is 7.90. The van der Waals surface area contributed by atoms with Crippen LogP contribution in [0.15, 0.2) is 0 Å². The van der Waals surface area contributed by atoms with Gasteiger partial charge < -0.3 is 9.47 Å². The van der Waals surface area contributed by atoms with E-state index < -0.39 is 11.1 Å². The molecule has 146 valence electrons. The molecular formula is C20H36O4S. The number of hydrogen-bond donors (Lipinski definition) is 0. The summed E-state index contributed by atoms with van der Waals surface area (Å²) in [4.78, 5) is 0. The molecule has 0 aliphatic heterocycles. The first-order chi connectivity index (χ1) is 12.1. The molecule has 1 atom stereocenters. The van der Waals surface area contributed by atoms with Crippen molar-refractivity contribution >= 4 is 11.1 Å². The summed E-state index contributed by atoms with van der Waals surface area (Å²) in [6, 6.07) is 0. The molecule has 0 aromatic heterocycles. The highest BCUT2D eigenvalue weighted by Crippen LogP contribution is 2.32. The Morgan fingerprint density at radius 2 is 1.16 bits per heavy atom. The molecule has 3 aliphatic carbocycles. The first-order valence-corrected chi connectivity index (χ1v) is 11.5. The minimum absolute atomic E-state index is 0.158.